The third kappa shape index (κ3) is 9.46. The number of carbonyl (C=O) groups is 2. The van der Waals surface area contributed by atoms with Crippen molar-refractivity contribution in [2.45, 2.75) is 44.1 Å². The van der Waals surface area contributed by atoms with Crippen LogP contribution >= 0.6 is 46.4 Å². The number of halogens is 4. The Balaban J connectivity index is 1.09. The highest BCUT2D eigenvalue weighted by Gasteiger charge is 2.45. The maximum atomic E-state index is 14.4. The van der Waals surface area contributed by atoms with Gasteiger partial charge in [0.15, 0.2) is 0 Å². The number of aromatic nitrogens is 4. The fourth-order valence-electron chi connectivity index (χ4n) is 7.01. The van der Waals surface area contributed by atoms with Gasteiger partial charge < -0.3 is 33.7 Å². The summed E-state index contributed by atoms with van der Waals surface area (Å²) in [5.41, 5.74) is 3.33. The van der Waals surface area contributed by atoms with Gasteiger partial charge in [0.25, 0.3) is 0 Å². The number of imidazole rings is 2. The van der Waals surface area contributed by atoms with Gasteiger partial charge in [0, 0.05) is 92.1 Å². The fraction of sp³-hybridized carbons (Fsp3) is 0.333. The van der Waals surface area contributed by atoms with Crippen LogP contribution < -0.4 is 5.32 Å². The molecule has 0 radical (unpaired) electrons. The van der Waals surface area contributed by atoms with Gasteiger partial charge in [-0.2, -0.15) is 0 Å². The zero-order valence-corrected chi connectivity index (χ0v) is 33.1. The second-order valence-electron chi connectivity index (χ2n) is 13.7. The van der Waals surface area contributed by atoms with E-state index in [9.17, 15) is 9.59 Å². The molecule has 0 saturated carbocycles. The van der Waals surface area contributed by atoms with Gasteiger partial charge in [0.05, 0.1) is 36.5 Å². The van der Waals surface area contributed by atoms with E-state index in [2.05, 4.69) is 20.2 Å². The number of ether oxygens (including phenoxy) is 2. The molecule has 16 heteroatoms. The first kappa shape index (κ1) is 39.1. The minimum atomic E-state index is -1.24. The minimum absolute atomic E-state index is 0.162. The van der Waals surface area contributed by atoms with Gasteiger partial charge in [-0.1, -0.05) is 76.7 Å². The van der Waals surface area contributed by atoms with Gasteiger partial charge in [-0.25, -0.2) is 14.8 Å². The monoisotopic (exact) mass is 824 g/mol. The highest BCUT2D eigenvalue weighted by Crippen LogP contribution is 2.40. The van der Waals surface area contributed by atoms with Crippen LogP contribution in [0.25, 0.3) is 0 Å². The summed E-state index contributed by atoms with van der Waals surface area (Å²) in [7, 11) is 1.92. The first-order valence-electron chi connectivity index (χ1n) is 17.8. The van der Waals surface area contributed by atoms with Gasteiger partial charge in [0.2, 0.25) is 11.7 Å². The van der Waals surface area contributed by atoms with Crippen molar-refractivity contribution in [3.8, 4) is 0 Å². The number of amides is 3. The second kappa shape index (κ2) is 17.3. The standard InChI is InChI=1S/C39H40Cl4N8O4/c1-47-25-45-17-32(47)21-49-12-13-50(38(53)51(19-27-4-2-6-29(40)14-27)20-28-5-3-7-30(41)15-28)22-36(49)37(52)46-18-33-23-54-39(55-33,24-48-11-10-44-26-48)34-9-8-31(42)16-35(34)43/h2-11,14-17,25-26,33,36H,12-13,18-24H2,1H3,(H,46,52)/t33-,36?,39-/m0/s1. The lowest BCUT2D eigenvalue weighted by Gasteiger charge is -2.42. The van der Waals surface area contributed by atoms with Crippen LogP contribution in [0.4, 0.5) is 4.79 Å². The molecule has 55 heavy (non-hydrogen) atoms. The molecule has 2 saturated heterocycles. The van der Waals surface area contributed by atoms with Crippen molar-refractivity contribution in [3.05, 3.63) is 140 Å². The molecule has 2 aromatic heterocycles. The maximum absolute atomic E-state index is 14.4. The summed E-state index contributed by atoms with van der Waals surface area (Å²) in [6, 6.07) is 19.2. The van der Waals surface area contributed by atoms with E-state index in [4.69, 9.17) is 55.9 Å². The zero-order chi connectivity index (χ0) is 38.5. The molecular weight excluding hydrogens is 786 g/mol. The average Bonchev–Trinajstić information content (AvgIpc) is 3.93. The number of nitrogens with one attached hydrogen (secondary N) is 1. The van der Waals surface area contributed by atoms with E-state index in [1.165, 1.54) is 0 Å². The van der Waals surface area contributed by atoms with Crippen LogP contribution in [0.1, 0.15) is 22.4 Å². The summed E-state index contributed by atoms with van der Waals surface area (Å²) in [4.78, 5) is 42.7. The first-order chi connectivity index (χ1) is 26.5. The van der Waals surface area contributed by atoms with Crippen LogP contribution in [0.2, 0.25) is 20.1 Å². The molecule has 0 spiro atoms. The van der Waals surface area contributed by atoms with E-state index < -0.39 is 17.9 Å². The van der Waals surface area contributed by atoms with E-state index in [1.807, 2.05) is 58.8 Å². The SMILES string of the molecule is Cn1cncc1CN1CCN(C(=O)N(Cc2cccc(Cl)c2)Cc2cccc(Cl)c2)CC1C(=O)NC[C@H]1CO[C@](Cn2ccnc2)(c2ccc(Cl)cc2Cl)O1. The van der Waals surface area contributed by atoms with Crippen molar-refractivity contribution in [2.24, 2.45) is 7.05 Å². The number of benzene rings is 3. The van der Waals surface area contributed by atoms with E-state index >= 15 is 0 Å². The van der Waals surface area contributed by atoms with Gasteiger partial charge in [0.1, 0.15) is 12.1 Å². The third-order valence-corrected chi connectivity index (χ3v) is 10.8. The Morgan fingerprint density at radius 1 is 0.927 bits per heavy atom. The summed E-state index contributed by atoms with van der Waals surface area (Å²) >= 11 is 25.5. The minimum Gasteiger partial charge on any atom is -0.352 e. The van der Waals surface area contributed by atoms with Crippen LogP contribution in [0.15, 0.2) is 98.0 Å². The van der Waals surface area contributed by atoms with Crippen LogP contribution in [0.3, 0.4) is 0 Å². The summed E-state index contributed by atoms with van der Waals surface area (Å²) in [6.45, 7) is 2.78. The van der Waals surface area contributed by atoms with Crippen molar-refractivity contribution in [3.63, 3.8) is 0 Å². The average molecular weight is 827 g/mol. The number of piperazine rings is 1. The fourth-order valence-corrected chi connectivity index (χ4v) is 7.98. The number of aryl methyl sites for hydroxylation is 1. The van der Waals surface area contributed by atoms with Crippen molar-refractivity contribution in [2.75, 3.05) is 32.8 Å². The number of nitrogens with zero attached hydrogens (tertiary/aromatic N) is 7. The lowest BCUT2D eigenvalue weighted by atomic mass is 10.1. The lowest BCUT2D eigenvalue weighted by Crippen LogP contribution is -2.61. The predicted molar refractivity (Wildman–Crippen MR) is 211 cm³/mol. The van der Waals surface area contributed by atoms with E-state index in [0.29, 0.717) is 58.4 Å². The Bertz CT molecular complexity index is 2070. The second-order valence-corrected chi connectivity index (χ2v) is 15.5. The Hall–Kier alpha value is -4.14. The molecule has 1 N–H and O–H groups in total. The number of hydrogen-bond donors (Lipinski definition) is 1. The molecule has 3 amide bonds. The topological polar surface area (TPSA) is 110 Å². The van der Waals surface area contributed by atoms with Crippen molar-refractivity contribution in [1.82, 2.24) is 39.1 Å². The summed E-state index contributed by atoms with van der Waals surface area (Å²) < 4.78 is 16.7. The molecule has 3 atom stereocenters. The lowest BCUT2D eigenvalue weighted by molar-refractivity contribution is -0.186. The van der Waals surface area contributed by atoms with Gasteiger partial charge in [-0.15, -0.1) is 0 Å². The van der Waals surface area contributed by atoms with Crippen molar-refractivity contribution >= 4 is 58.3 Å². The smallest absolute Gasteiger partial charge is 0.320 e. The Kier molecular flexibility index (Phi) is 12.3. The molecule has 2 aliphatic heterocycles. The Labute approximate surface area is 339 Å². The molecule has 12 nitrogen and oxygen atoms in total. The van der Waals surface area contributed by atoms with Gasteiger partial charge in [-0.05, 0) is 47.5 Å². The third-order valence-electron chi connectivity index (χ3n) is 9.80. The normalized spacial score (nSPS) is 20.1. The maximum Gasteiger partial charge on any atom is 0.320 e. The highest BCUT2D eigenvalue weighted by atomic mass is 35.5. The van der Waals surface area contributed by atoms with Crippen molar-refractivity contribution < 1.29 is 19.1 Å². The largest absolute Gasteiger partial charge is 0.352 e. The molecule has 5 aromatic rings. The number of hydrogen-bond acceptors (Lipinski definition) is 7. The highest BCUT2D eigenvalue weighted by molar-refractivity contribution is 6.35. The molecule has 7 rings (SSSR count). The molecule has 288 valence electrons. The summed E-state index contributed by atoms with van der Waals surface area (Å²) in [5.74, 6) is -1.48. The molecule has 0 aliphatic carbocycles. The van der Waals surface area contributed by atoms with Gasteiger partial charge in [-0.3, -0.25) is 9.69 Å². The zero-order valence-electron chi connectivity index (χ0n) is 30.0. The molecule has 4 heterocycles. The van der Waals surface area contributed by atoms with E-state index in [-0.39, 0.29) is 38.2 Å². The predicted octanol–water partition coefficient (Wildman–Crippen LogP) is 6.62. The Morgan fingerprint density at radius 3 is 2.29 bits per heavy atom. The van der Waals surface area contributed by atoms with E-state index in [1.54, 1.807) is 65.2 Å². The van der Waals surface area contributed by atoms with Crippen LogP contribution in [0, 0.1) is 0 Å². The van der Waals surface area contributed by atoms with Crippen LogP contribution in [0.5, 0.6) is 0 Å². The van der Waals surface area contributed by atoms with Crippen molar-refractivity contribution in [1.29, 1.82) is 0 Å². The summed E-state index contributed by atoms with van der Waals surface area (Å²) in [6.07, 6.45) is 8.17. The number of urea groups is 1. The summed E-state index contributed by atoms with van der Waals surface area (Å²) in [5, 5.41) is 5.16. The quantitative estimate of drug-likeness (QED) is 0.151. The van der Waals surface area contributed by atoms with E-state index in [0.717, 1.165) is 16.8 Å². The molecule has 3 aromatic carbocycles. The van der Waals surface area contributed by atoms with Crippen LogP contribution in [-0.4, -0.2) is 90.7 Å². The first-order valence-corrected chi connectivity index (χ1v) is 19.3. The number of carbonyl (C=O) groups excluding carboxylic acids is 2. The number of rotatable bonds is 12. The van der Waals surface area contributed by atoms with Crippen LogP contribution in [-0.2, 0) is 53.3 Å². The molecule has 1 unspecified atom stereocenters. The molecule has 0 bridgehead atoms. The molecule has 2 aliphatic rings. The Morgan fingerprint density at radius 2 is 1.65 bits per heavy atom. The molecule has 2 fully saturated rings. The molecular formula is C39H40Cl4N8O4. The van der Waals surface area contributed by atoms with Gasteiger partial charge >= 0.3 is 6.03 Å².